The van der Waals surface area contributed by atoms with Gasteiger partial charge >= 0.3 is 0 Å². The Kier molecular flexibility index (Phi) is 3.90. The third kappa shape index (κ3) is 2.79. The van der Waals surface area contributed by atoms with E-state index in [1.165, 1.54) is 0 Å². The van der Waals surface area contributed by atoms with Crippen LogP contribution in [0.4, 0.5) is 0 Å². The fourth-order valence-corrected chi connectivity index (χ4v) is 2.15. The van der Waals surface area contributed by atoms with Crippen LogP contribution in [0.3, 0.4) is 0 Å². The van der Waals surface area contributed by atoms with Crippen molar-refractivity contribution in [1.82, 2.24) is 5.16 Å². The molecule has 0 unspecified atom stereocenters. The number of aliphatic hydroxyl groups is 1. The zero-order chi connectivity index (χ0) is 14.0. The molecular weight excluding hydrogens is 242 g/mol. The number of hydrogen-bond donors (Lipinski definition) is 1. The number of nitrogens with zero attached hydrogens (tertiary/aromatic N) is 1. The minimum atomic E-state index is -0.542. The Balaban J connectivity index is 2.56. The second-order valence-electron chi connectivity index (χ2n) is 4.60. The molecule has 1 N–H and O–H groups in total. The topological polar surface area (TPSA) is 55.5 Å². The van der Waals surface area contributed by atoms with E-state index < -0.39 is 6.10 Å². The highest BCUT2D eigenvalue weighted by Crippen LogP contribution is 2.32. The minimum Gasteiger partial charge on any atom is -0.494 e. The molecular formula is C15H19NO3. The largest absolute Gasteiger partial charge is 0.494 e. The van der Waals surface area contributed by atoms with E-state index in [1.54, 1.807) is 6.92 Å². The predicted octanol–water partition coefficient (Wildman–Crippen LogP) is 3.41. The summed E-state index contributed by atoms with van der Waals surface area (Å²) in [4.78, 5) is 0. The van der Waals surface area contributed by atoms with Crippen molar-refractivity contribution in [3.05, 3.63) is 35.2 Å². The Hall–Kier alpha value is -1.81. The summed E-state index contributed by atoms with van der Waals surface area (Å²) in [7, 11) is 0. The fourth-order valence-electron chi connectivity index (χ4n) is 2.15. The quantitative estimate of drug-likeness (QED) is 0.916. The Morgan fingerprint density at radius 3 is 2.58 bits per heavy atom. The van der Waals surface area contributed by atoms with Crippen LogP contribution in [0.25, 0.3) is 11.1 Å². The van der Waals surface area contributed by atoms with Gasteiger partial charge in [0.25, 0.3) is 0 Å². The van der Waals surface area contributed by atoms with E-state index >= 15 is 0 Å². The van der Waals surface area contributed by atoms with Crippen molar-refractivity contribution in [3.8, 4) is 16.9 Å². The molecule has 0 aliphatic heterocycles. The maximum absolute atomic E-state index is 9.78. The first-order valence-corrected chi connectivity index (χ1v) is 6.42. The Labute approximate surface area is 113 Å². The lowest BCUT2D eigenvalue weighted by Crippen LogP contribution is -1.97. The van der Waals surface area contributed by atoms with Gasteiger partial charge < -0.3 is 14.4 Å². The van der Waals surface area contributed by atoms with Gasteiger partial charge in [0.15, 0.2) is 0 Å². The highest BCUT2D eigenvalue weighted by molar-refractivity contribution is 5.70. The van der Waals surface area contributed by atoms with Crippen LogP contribution in [-0.4, -0.2) is 16.9 Å². The normalized spacial score (nSPS) is 12.5. The van der Waals surface area contributed by atoms with Crippen molar-refractivity contribution in [2.75, 3.05) is 6.61 Å². The van der Waals surface area contributed by atoms with Gasteiger partial charge in [-0.05, 0) is 57.0 Å². The third-order valence-corrected chi connectivity index (χ3v) is 3.04. The van der Waals surface area contributed by atoms with E-state index in [0.29, 0.717) is 6.61 Å². The van der Waals surface area contributed by atoms with Crippen LogP contribution in [-0.2, 0) is 0 Å². The van der Waals surface area contributed by atoms with Gasteiger partial charge in [-0.25, -0.2) is 0 Å². The van der Waals surface area contributed by atoms with Crippen molar-refractivity contribution < 1.29 is 14.4 Å². The molecule has 1 aromatic carbocycles. The molecule has 2 aromatic rings. The van der Waals surface area contributed by atoms with E-state index in [-0.39, 0.29) is 0 Å². The summed E-state index contributed by atoms with van der Waals surface area (Å²) < 4.78 is 10.7. The number of aryl methyl sites for hydroxylation is 2. The lowest BCUT2D eigenvalue weighted by molar-refractivity contribution is 0.198. The summed E-state index contributed by atoms with van der Waals surface area (Å²) in [6.07, 6.45) is -0.542. The van der Waals surface area contributed by atoms with Crippen molar-refractivity contribution >= 4 is 0 Å². The second kappa shape index (κ2) is 5.45. The smallest absolute Gasteiger partial charge is 0.141 e. The van der Waals surface area contributed by atoms with E-state index in [0.717, 1.165) is 33.9 Å². The van der Waals surface area contributed by atoms with Crippen molar-refractivity contribution in [1.29, 1.82) is 0 Å². The van der Waals surface area contributed by atoms with Crippen molar-refractivity contribution in [2.45, 2.75) is 33.8 Å². The van der Waals surface area contributed by atoms with Crippen molar-refractivity contribution in [2.24, 2.45) is 0 Å². The van der Waals surface area contributed by atoms with Gasteiger partial charge in [0.1, 0.15) is 11.5 Å². The molecule has 0 radical (unpaired) electrons. The molecule has 4 nitrogen and oxygen atoms in total. The first-order valence-electron chi connectivity index (χ1n) is 6.42. The summed E-state index contributed by atoms with van der Waals surface area (Å²) in [5.41, 5.74) is 3.57. The first kappa shape index (κ1) is 13.6. The number of hydrogen-bond acceptors (Lipinski definition) is 4. The van der Waals surface area contributed by atoms with Gasteiger partial charge in [-0.2, -0.15) is 0 Å². The monoisotopic (exact) mass is 261 g/mol. The van der Waals surface area contributed by atoms with Crippen LogP contribution in [0.5, 0.6) is 5.75 Å². The molecule has 0 aliphatic carbocycles. The molecule has 19 heavy (non-hydrogen) atoms. The zero-order valence-corrected chi connectivity index (χ0v) is 11.7. The number of rotatable bonds is 4. The van der Waals surface area contributed by atoms with Crippen LogP contribution in [0.15, 0.2) is 22.7 Å². The molecule has 0 saturated carbocycles. The Morgan fingerprint density at radius 2 is 2.05 bits per heavy atom. The van der Waals surface area contributed by atoms with Crippen LogP contribution in [0, 0.1) is 13.8 Å². The molecule has 0 spiro atoms. The summed E-state index contributed by atoms with van der Waals surface area (Å²) in [6.45, 7) is 8.04. The van der Waals surface area contributed by atoms with Gasteiger partial charge in [-0.1, -0.05) is 5.16 Å². The maximum atomic E-state index is 9.78. The predicted molar refractivity (Wildman–Crippen MR) is 73.2 cm³/mol. The molecule has 0 aliphatic rings. The van der Waals surface area contributed by atoms with Crippen LogP contribution < -0.4 is 4.74 Å². The van der Waals surface area contributed by atoms with Crippen LogP contribution in [0.1, 0.15) is 37.0 Å². The molecule has 102 valence electrons. The maximum Gasteiger partial charge on any atom is 0.141 e. The summed E-state index contributed by atoms with van der Waals surface area (Å²) >= 11 is 0. The number of aliphatic hydroxyl groups excluding tert-OH is 1. The average Bonchev–Trinajstić information content (AvgIpc) is 2.69. The highest BCUT2D eigenvalue weighted by Gasteiger charge is 2.14. The SMILES string of the molecule is CCOc1cc(-c2c(C)noc2C)cc([C@@H](C)O)c1. The summed E-state index contributed by atoms with van der Waals surface area (Å²) in [6, 6.07) is 5.75. The summed E-state index contributed by atoms with van der Waals surface area (Å²) in [5, 5.41) is 13.7. The summed E-state index contributed by atoms with van der Waals surface area (Å²) in [5.74, 6) is 1.51. The van der Waals surface area contributed by atoms with Gasteiger partial charge in [0, 0.05) is 5.56 Å². The molecule has 2 rings (SSSR count). The Morgan fingerprint density at radius 1 is 1.32 bits per heavy atom. The minimum absolute atomic E-state index is 0.542. The van der Waals surface area contributed by atoms with E-state index in [1.807, 2.05) is 39.0 Å². The van der Waals surface area contributed by atoms with Crippen LogP contribution in [0.2, 0.25) is 0 Å². The lowest BCUT2D eigenvalue weighted by atomic mass is 9.99. The molecule has 0 saturated heterocycles. The second-order valence-corrected chi connectivity index (χ2v) is 4.60. The van der Waals surface area contributed by atoms with Gasteiger partial charge in [-0.3, -0.25) is 0 Å². The average molecular weight is 261 g/mol. The first-order chi connectivity index (χ1) is 9.02. The molecule has 4 heteroatoms. The molecule has 1 atom stereocenters. The fraction of sp³-hybridized carbons (Fsp3) is 0.400. The standard InChI is InChI=1S/C15H19NO3/c1-5-18-14-7-12(10(3)17)6-13(8-14)15-9(2)16-19-11(15)4/h6-8,10,17H,5H2,1-4H3/t10-/m1/s1. The Bertz CT molecular complexity index is 553. The zero-order valence-electron chi connectivity index (χ0n) is 11.7. The molecule has 0 amide bonds. The van der Waals surface area contributed by atoms with E-state index in [2.05, 4.69) is 5.16 Å². The number of ether oxygens (including phenoxy) is 1. The molecule has 0 bridgehead atoms. The third-order valence-electron chi connectivity index (χ3n) is 3.04. The number of benzene rings is 1. The van der Waals surface area contributed by atoms with Crippen LogP contribution >= 0.6 is 0 Å². The van der Waals surface area contributed by atoms with Gasteiger partial charge in [-0.15, -0.1) is 0 Å². The van der Waals surface area contributed by atoms with Gasteiger partial charge in [0.2, 0.25) is 0 Å². The van der Waals surface area contributed by atoms with Gasteiger partial charge in [0.05, 0.1) is 18.4 Å². The molecule has 1 heterocycles. The van der Waals surface area contributed by atoms with Crippen molar-refractivity contribution in [3.63, 3.8) is 0 Å². The van der Waals surface area contributed by atoms with E-state index in [9.17, 15) is 5.11 Å². The highest BCUT2D eigenvalue weighted by atomic mass is 16.5. The molecule has 0 fully saturated rings. The lowest BCUT2D eigenvalue weighted by Gasteiger charge is -2.12. The number of aromatic nitrogens is 1. The molecule has 1 aromatic heterocycles. The van der Waals surface area contributed by atoms with E-state index in [4.69, 9.17) is 9.26 Å².